The number of ether oxygens (including phenoxy) is 1. The first-order valence-corrected chi connectivity index (χ1v) is 9.36. The predicted molar refractivity (Wildman–Crippen MR) is 96.3 cm³/mol. The van der Waals surface area contributed by atoms with Crippen LogP contribution in [0.2, 0.25) is 5.02 Å². The standard InChI is InChI=1S/C15H14ClN3O4S2/c1-2-23-12(21)7-11(20)8-24-15-19-18-14(25-15)17-13(22)9-3-5-10(16)6-4-9/h3-6H,2,7-8H2,1H3,(H,17,18,22). The Morgan fingerprint density at radius 1 is 1.24 bits per heavy atom. The van der Waals surface area contributed by atoms with E-state index in [0.717, 1.165) is 23.1 Å². The Morgan fingerprint density at radius 3 is 2.64 bits per heavy atom. The molecule has 2 aromatic rings. The van der Waals surface area contributed by atoms with Crippen molar-refractivity contribution >= 4 is 57.5 Å². The van der Waals surface area contributed by atoms with E-state index in [9.17, 15) is 14.4 Å². The summed E-state index contributed by atoms with van der Waals surface area (Å²) in [6.45, 7) is 1.92. The molecule has 2 rings (SSSR count). The number of rotatable bonds is 8. The zero-order valence-corrected chi connectivity index (χ0v) is 15.5. The number of hydrogen-bond acceptors (Lipinski definition) is 8. The highest BCUT2D eigenvalue weighted by Crippen LogP contribution is 2.26. The van der Waals surface area contributed by atoms with Crippen LogP contribution in [0.25, 0.3) is 0 Å². The molecule has 7 nitrogen and oxygen atoms in total. The van der Waals surface area contributed by atoms with Gasteiger partial charge in [0.2, 0.25) is 5.13 Å². The molecule has 0 aliphatic carbocycles. The Morgan fingerprint density at radius 2 is 1.96 bits per heavy atom. The third-order valence-electron chi connectivity index (χ3n) is 2.74. The maximum Gasteiger partial charge on any atom is 0.313 e. The zero-order valence-electron chi connectivity index (χ0n) is 13.2. The fourth-order valence-corrected chi connectivity index (χ4v) is 3.39. The average Bonchev–Trinajstić information content (AvgIpc) is 3.01. The predicted octanol–water partition coefficient (Wildman–Crippen LogP) is 3.06. The second kappa shape index (κ2) is 9.50. The van der Waals surface area contributed by atoms with Gasteiger partial charge in [0.25, 0.3) is 5.91 Å². The van der Waals surface area contributed by atoms with E-state index in [1.54, 1.807) is 31.2 Å². The second-order valence-corrected chi connectivity index (χ2v) is 7.28. The fraction of sp³-hybridized carbons (Fsp3) is 0.267. The lowest BCUT2D eigenvalue weighted by atomic mass is 10.2. The minimum atomic E-state index is -0.540. The van der Waals surface area contributed by atoms with Gasteiger partial charge in [0.1, 0.15) is 6.42 Å². The minimum absolute atomic E-state index is 0.0819. The molecule has 1 heterocycles. The molecule has 1 N–H and O–H groups in total. The molecule has 132 valence electrons. The summed E-state index contributed by atoms with van der Waals surface area (Å²) in [6.07, 6.45) is -0.264. The number of benzene rings is 1. The van der Waals surface area contributed by atoms with Crippen molar-refractivity contribution < 1.29 is 19.1 Å². The van der Waals surface area contributed by atoms with E-state index in [0.29, 0.717) is 20.1 Å². The van der Waals surface area contributed by atoms with Crippen LogP contribution in [-0.4, -0.2) is 40.2 Å². The smallest absolute Gasteiger partial charge is 0.313 e. The minimum Gasteiger partial charge on any atom is -0.466 e. The van der Waals surface area contributed by atoms with E-state index in [4.69, 9.17) is 16.3 Å². The largest absolute Gasteiger partial charge is 0.466 e. The first-order chi connectivity index (χ1) is 12.0. The van der Waals surface area contributed by atoms with Gasteiger partial charge in [-0.25, -0.2) is 0 Å². The lowest BCUT2D eigenvalue weighted by Crippen LogP contribution is -2.12. The monoisotopic (exact) mass is 399 g/mol. The molecular formula is C15H14ClN3O4S2. The SMILES string of the molecule is CCOC(=O)CC(=O)CSc1nnc(NC(=O)c2ccc(Cl)cc2)s1. The van der Waals surface area contributed by atoms with Crippen LogP contribution in [0.1, 0.15) is 23.7 Å². The number of Topliss-reactive ketones (excluding diaryl/α,β-unsaturated/α-hetero) is 1. The Kier molecular flexibility index (Phi) is 7.35. The molecule has 0 aliphatic rings. The van der Waals surface area contributed by atoms with E-state index in [-0.39, 0.29) is 30.5 Å². The Hall–Kier alpha value is -1.97. The quantitative estimate of drug-likeness (QED) is 0.315. The molecule has 25 heavy (non-hydrogen) atoms. The van der Waals surface area contributed by atoms with Crippen molar-refractivity contribution in [3.05, 3.63) is 34.9 Å². The summed E-state index contributed by atoms with van der Waals surface area (Å²) in [4.78, 5) is 34.9. The van der Waals surface area contributed by atoms with Crippen LogP contribution >= 0.6 is 34.7 Å². The van der Waals surface area contributed by atoms with Crippen molar-refractivity contribution in [1.82, 2.24) is 10.2 Å². The molecule has 0 saturated heterocycles. The zero-order chi connectivity index (χ0) is 18.2. The number of ketones is 1. The topological polar surface area (TPSA) is 98.2 Å². The lowest BCUT2D eigenvalue weighted by Gasteiger charge is -2.01. The number of aromatic nitrogens is 2. The number of halogens is 1. The number of nitrogens with zero attached hydrogens (tertiary/aromatic N) is 2. The number of carbonyl (C=O) groups is 3. The van der Waals surface area contributed by atoms with E-state index in [2.05, 4.69) is 15.5 Å². The summed E-state index contributed by atoms with van der Waals surface area (Å²) in [5.41, 5.74) is 0.443. The number of amides is 1. The normalized spacial score (nSPS) is 10.3. The van der Waals surface area contributed by atoms with Crippen molar-refractivity contribution in [3.63, 3.8) is 0 Å². The highest BCUT2D eigenvalue weighted by Gasteiger charge is 2.14. The first kappa shape index (κ1) is 19.4. The molecule has 0 saturated carbocycles. The Labute approximate surface area is 157 Å². The molecule has 1 amide bonds. The van der Waals surface area contributed by atoms with Gasteiger partial charge >= 0.3 is 5.97 Å². The van der Waals surface area contributed by atoms with Crippen LogP contribution in [0.5, 0.6) is 0 Å². The second-order valence-electron chi connectivity index (χ2n) is 4.64. The molecular weight excluding hydrogens is 386 g/mol. The van der Waals surface area contributed by atoms with Crippen LogP contribution in [0.4, 0.5) is 5.13 Å². The first-order valence-electron chi connectivity index (χ1n) is 7.18. The van der Waals surface area contributed by atoms with Crippen molar-refractivity contribution in [2.24, 2.45) is 0 Å². The lowest BCUT2D eigenvalue weighted by molar-refractivity contribution is -0.145. The number of hydrogen-bond donors (Lipinski definition) is 1. The number of nitrogens with one attached hydrogen (secondary N) is 1. The molecule has 0 fully saturated rings. The van der Waals surface area contributed by atoms with Crippen LogP contribution < -0.4 is 5.32 Å². The van der Waals surface area contributed by atoms with E-state index < -0.39 is 5.97 Å². The molecule has 1 aromatic carbocycles. The van der Waals surface area contributed by atoms with Crippen LogP contribution in [0.15, 0.2) is 28.6 Å². The fourth-order valence-electron chi connectivity index (χ4n) is 1.66. The van der Waals surface area contributed by atoms with Crippen molar-refractivity contribution in [2.45, 2.75) is 17.7 Å². The van der Waals surface area contributed by atoms with Gasteiger partial charge in [0.05, 0.1) is 12.4 Å². The molecule has 10 heteroatoms. The summed E-state index contributed by atoms with van der Waals surface area (Å²) in [6, 6.07) is 6.44. The average molecular weight is 400 g/mol. The highest BCUT2D eigenvalue weighted by atomic mass is 35.5. The summed E-state index contributed by atoms with van der Waals surface area (Å²) >= 11 is 8.08. The molecule has 0 spiro atoms. The van der Waals surface area contributed by atoms with Gasteiger partial charge in [-0.1, -0.05) is 34.7 Å². The molecule has 0 unspecified atom stereocenters. The molecule has 0 radical (unpaired) electrons. The van der Waals surface area contributed by atoms with Crippen molar-refractivity contribution in [1.29, 1.82) is 0 Å². The van der Waals surface area contributed by atoms with Crippen LogP contribution in [-0.2, 0) is 14.3 Å². The Balaban J connectivity index is 1.83. The van der Waals surface area contributed by atoms with Gasteiger partial charge in [-0.2, -0.15) is 0 Å². The van der Waals surface area contributed by atoms with Gasteiger partial charge in [-0.3, -0.25) is 19.7 Å². The van der Waals surface area contributed by atoms with E-state index >= 15 is 0 Å². The summed E-state index contributed by atoms with van der Waals surface area (Å²) in [5, 5.41) is 11.2. The third-order valence-corrected chi connectivity index (χ3v) is 5.02. The maximum atomic E-state index is 12.1. The van der Waals surface area contributed by atoms with E-state index in [1.165, 1.54) is 0 Å². The Bertz CT molecular complexity index is 764. The maximum absolute atomic E-state index is 12.1. The highest BCUT2D eigenvalue weighted by molar-refractivity contribution is 8.01. The molecule has 1 aromatic heterocycles. The van der Waals surface area contributed by atoms with Crippen molar-refractivity contribution in [2.75, 3.05) is 17.7 Å². The van der Waals surface area contributed by atoms with Gasteiger partial charge < -0.3 is 4.74 Å². The number of esters is 1. The number of thioether (sulfide) groups is 1. The van der Waals surface area contributed by atoms with Gasteiger partial charge in [0.15, 0.2) is 10.1 Å². The summed E-state index contributed by atoms with van der Waals surface area (Å²) < 4.78 is 5.23. The van der Waals surface area contributed by atoms with Gasteiger partial charge in [0, 0.05) is 10.6 Å². The summed E-state index contributed by atoms with van der Waals surface area (Å²) in [7, 11) is 0. The number of anilines is 1. The van der Waals surface area contributed by atoms with E-state index in [1.807, 2.05) is 0 Å². The van der Waals surface area contributed by atoms with Gasteiger partial charge in [-0.05, 0) is 31.2 Å². The van der Waals surface area contributed by atoms with Crippen LogP contribution in [0.3, 0.4) is 0 Å². The van der Waals surface area contributed by atoms with Gasteiger partial charge in [-0.15, -0.1) is 10.2 Å². The third kappa shape index (κ3) is 6.45. The molecule has 0 bridgehead atoms. The molecule has 0 atom stereocenters. The molecule has 0 aliphatic heterocycles. The van der Waals surface area contributed by atoms with Crippen molar-refractivity contribution in [3.8, 4) is 0 Å². The summed E-state index contributed by atoms with van der Waals surface area (Å²) in [5.74, 6) is -1.05. The number of carbonyl (C=O) groups excluding carboxylic acids is 3. The van der Waals surface area contributed by atoms with Crippen LogP contribution in [0, 0.1) is 0 Å².